The van der Waals surface area contributed by atoms with Crippen molar-refractivity contribution >= 4 is 12.4 Å². The number of phenols is 1. The lowest BCUT2D eigenvalue weighted by atomic mass is 9.64. The molecule has 0 aliphatic heterocycles. The van der Waals surface area contributed by atoms with E-state index in [1.807, 2.05) is 0 Å². The van der Waals surface area contributed by atoms with E-state index in [-0.39, 0.29) is 5.75 Å². The lowest BCUT2D eigenvalue weighted by molar-refractivity contribution is 0.475. The minimum atomic E-state index is -0.458. The molecule has 0 spiro atoms. The van der Waals surface area contributed by atoms with Gasteiger partial charge in [0, 0.05) is 0 Å². The molecule has 0 atom stereocenters. The first-order valence-electron chi connectivity index (χ1n) is 3.17. The Hall–Kier alpha value is -0.955. The van der Waals surface area contributed by atoms with Crippen molar-refractivity contribution in [2.24, 2.45) is 0 Å². The zero-order chi connectivity index (χ0) is 7.56. The van der Waals surface area contributed by atoms with Gasteiger partial charge in [0.05, 0.1) is 0 Å². The molecule has 10 heavy (non-hydrogen) atoms. The maximum Gasteiger partial charge on any atom is 0.320 e. The Labute approximate surface area is 60.2 Å². The molecule has 0 aliphatic rings. The largest absolute Gasteiger partial charge is 0.508 e. The second-order valence-corrected chi connectivity index (χ2v) is 2.27. The molecule has 0 heterocycles. The summed E-state index contributed by atoms with van der Waals surface area (Å²) in [6.07, 6.45) is 0. The molecular formula is C7H9BO2. The third kappa shape index (κ3) is 1.51. The van der Waals surface area contributed by atoms with Gasteiger partial charge in [0.2, 0.25) is 0 Å². The lowest BCUT2D eigenvalue weighted by Crippen LogP contribution is -2.25. The standard InChI is InChI=1S/C7H9BO2/c1-8(10)6-2-4-7(9)5-3-6/h2-5,9-10H,1H3. The predicted molar refractivity (Wildman–Crippen MR) is 41.6 cm³/mol. The van der Waals surface area contributed by atoms with Crippen molar-refractivity contribution in [3.8, 4) is 5.75 Å². The van der Waals surface area contributed by atoms with Gasteiger partial charge in [-0.25, -0.2) is 0 Å². The summed E-state index contributed by atoms with van der Waals surface area (Å²) in [5, 5.41) is 17.9. The summed E-state index contributed by atoms with van der Waals surface area (Å²) in [5.41, 5.74) is 0.817. The smallest absolute Gasteiger partial charge is 0.320 e. The van der Waals surface area contributed by atoms with Crippen LogP contribution in [-0.4, -0.2) is 17.0 Å². The highest BCUT2D eigenvalue weighted by Crippen LogP contribution is 2.02. The van der Waals surface area contributed by atoms with Crippen molar-refractivity contribution in [3.05, 3.63) is 24.3 Å². The molecule has 0 aromatic heterocycles. The van der Waals surface area contributed by atoms with Gasteiger partial charge in [-0.3, -0.25) is 0 Å². The van der Waals surface area contributed by atoms with Gasteiger partial charge in [-0.2, -0.15) is 0 Å². The van der Waals surface area contributed by atoms with Crippen LogP contribution in [0.3, 0.4) is 0 Å². The van der Waals surface area contributed by atoms with E-state index in [4.69, 9.17) is 10.1 Å². The first kappa shape index (κ1) is 7.16. The molecule has 1 aromatic carbocycles. The highest BCUT2D eigenvalue weighted by molar-refractivity contribution is 6.64. The Bertz CT molecular complexity index is 205. The van der Waals surface area contributed by atoms with E-state index in [0.717, 1.165) is 5.46 Å². The number of aromatic hydroxyl groups is 1. The van der Waals surface area contributed by atoms with Crippen molar-refractivity contribution in [2.75, 3.05) is 0 Å². The van der Waals surface area contributed by atoms with Crippen molar-refractivity contribution in [3.63, 3.8) is 0 Å². The molecule has 1 aromatic rings. The molecule has 2 nitrogen and oxygen atoms in total. The van der Waals surface area contributed by atoms with Crippen LogP contribution in [0.2, 0.25) is 6.82 Å². The fourth-order valence-corrected chi connectivity index (χ4v) is 0.753. The highest BCUT2D eigenvalue weighted by atomic mass is 16.3. The molecule has 0 radical (unpaired) electrons. The third-order valence-corrected chi connectivity index (χ3v) is 1.38. The second kappa shape index (κ2) is 2.75. The van der Waals surface area contributed by atoms with E-state index in [1.165, 1.54) is 0 Å². The summed E-state index contributed by atoms with van der Waals surface area (Å²) < 4.78 is 0. The molecule has 0 saturated carbocycles. The third-order valence-electron chi connectivity index (χ3n) is 1.38. The number of rotatable bonds is 1. The molecule has 0 saturated heterocycles. The van der Waals surface area contributed by atoms with E-state index in [0.29, 0.717) is 0 Å². The Morgan fingerprint density at radius 1 is 1.20 bits per heavy atom. The fraction of sp³-hybridized carbons (Fsp3) is 0.143. The van der Waals surface area contributed by atoms with Crippen molar-refractivity contribution < 1.29 is 10.1 Å². The van der Waals surface area contributed by atoms with E-state index >= 15 is 0 Å². The molecule has 0 aliphatic carbocycles. The van der Waals surface area contributed by atoms with Crippen LogP contribution >= 0.6 is 0 Å². The molecule has 0 bridgehead atoms. The lowest BCUT2D eigenvalue weighted by Gasteiger charge is -1.98. The maximum atomic E-state index is 9.03. The van der Waals surface area contributed by atoms with Crippen LogP contribution in [0.4, 0.5) is 0 Å². The summed E-state index contributed by atoms with van der Waals surface area (Å²) >= 11 is 0. The SMILES string of the molecule is CB(O)c1ccc(O)cc1. The van der Waals surface area contributed by atoms with E-state index in [1.54, 1.807) is 31.1 Å². The predicted octanol–water partition coefficient (Wildman–Crippen LogP) is 0.213. The van der Waals surface area contributed by atoms with Gasteiger partial charge in [-0.1, -0.05) is 19.0 Å². The molecule has 52 valence electrons. The van der Waals surface area contributed by atoms with Crippen LogP contribution in [-0.2, 0) is 0 Å². The minimum absolute atomic E-state index is 0.226. The summed E-state index contributed by atoms with van der Waals surface area (Å²) in [5.74, 6) is 0.226. The molecule has 0 fully saturated rings. The molecule has 1 rings (SSSR count). The molecular weight excluding hydrogens is 127 g/mol. The number of hydrogen-bond acceptors (Lipinski definition) is 2. The van der Waals surface area contributed by atoms with Gasteiger partial charge in [0.1, 0.15) is 5.75 Å². The first-order chi connectivity index (χ1) is 4.70. The average molecular weight is 136 g/mol. The summed E-state index contributed by atoms with van der Waals surface area (Å²) in [6.45, 7) is 1.23. The highest BCUT2D eigenvalue weighted by Gasteiger charge is 2.04. The van der Waals surface area contributed by atoms with Gasteiger partial charge in [0.25, 0.3) is 0 Å². The Kier molecular flexibility index (Phi) is 1.97. The quantitative estimate of drug-likeness (QED) is 0.542. The molecule has 0 amide bonds. The average Bonchev–Trinajstić information content (AvgIpc) is 1.88. The molecule has 0 unspecified atom stereocenters. The topological polar surface area (TPSA) is 40.5 Å². The van der Waals surface area contributed by atoms with Crippen LogP contribution in [0.25, 0.3) is 0 Å². The van der Waals surface area contributed by atoms with Crippen molar-refractivity contribution in [2.45, 2.75) is 6.82 Å². The number of hydrogen-bond donors (Lipinski definition) is 2. The summed E-state index contributed by atoms with van der Waals surface area (Å²) in [6, 6.07) is 6.50. The van der Waals surface area contributed by atoms with Crippen LogP contribution in [0, 0.1) is 0 Å². The Morgan fingerprint density at radius 3 is 2.10 bits per heavy atom. The van der Waals surface area contributed by atoms with Gasteiger partial charge in [-0.05, 0) is 17.6 Å². The van der Waals surface area contributed by atoms with Crippen molar-refractivity contribution in [1.29, 1.82) is 0 Å². The summed E-state index contributed by atoms with van der Waals surface area (Å²) in [7, 11) is 0. The van der Waals surface area contributed by atoms with Gasteiger partial charge >= 0.3 is 6.92 Å². The number of phenolic OH excluding ortho intramolecular Hbond substituents is 1. The van der Waals surface area contributed by atoms with Gasteiger partial charge in [0.15, 0.2) is 0 Å². The van der Waals surface area contributed by atoms with Crippen LogP contribution < -0.4 is 5.46 Å². The summed E-state index contributed by atoms with van der Waals surface area (Å²) in [4.78, 5) is 0. The zero-order valence-electron chi connectivity index (χ0n) is 5.78. The first-order valence-corrected chi connectivity index (χ1v) is 3.17. The van der Waals surface area contributed by atoms with Gasteiger partial charge in [-0.15, -0.1) is 0 Å². The van der Waals surface area contributed by atoms with E-state index in [9.17, 15) is 0 Å². The minimum Gasteiger partial charge on any atom is -0.508 e. The van der Waals surface area contributed by atoms with Crippen LogP contribution in [0.5, 0.6) is 5.75 Å². The molecule has 2 N–H and O–H groups in total. The Balaban J connectivity index is 2.89. The fourth-order valence-electron chi connectivity index (χ4n) is 0.753. The number of benzene rings is 1. The second-order valence-electron chi connectivity index (χ2n) is 2.27. The van der Waals surface area contributed by atoms with Crippen LogP contribution in [0.1, 0.15) is 0 Å². The monoisotopic (exact) mass is 136 g/mol. The van der Waals surface area contributed by atoms with Gasteiger partial charge < -0.3 is 10.1 Å². The zero-order valence-corrected chi connectivity index (χ0v) is 5.78. The van der Waals surface area contributed by atoms with E-state index in [2.05, 4.69) is 0 Å². The van der Waals surface area contributed by atoms with Crippen LogP contribution in [0.15, 0.2) is 24.3 Å². The molecule has 3 heteroatoms. The van der Waals surface area contributed by atoms with Crippen molar-refractivity contribution in [1.82, 2.24) is 0 Å². The van der Waals surface area contributed by atoms with E-state index < -0.39 is 6.92 Å². The Morgan fingerprint density at radius 2 is 1.70 bits per heavy atom. The normalized spacial score (nSPS) is 9.40. The maximum absolute atomic E-state index is 9.03.